The van der Waals surface area contributed by atoms with Gasteiger partial charge in [0.15, 0.2) is 0 Å². The maximum Gasteiger partial charge on any atom is 0.303 e. The van der Waals surface area contributed by atoms with Crippen LogP contribution in [-0.2, 0) is 4.79 Å². The summed E-state index contributed by atoms with van der Waals surface area (Å²) in [6, 6.07) is 0. The number of carboxylic acid groups (broad SMARTS) is 1. The van der Waals surface area contributed by atoms with Gasteiger partial charge in [-0.15, -0.1) is 29.4 Å². The van der Waals surface area contributed by atoms with Crippen molar-refractivity contribution in [2.45, 2.75) is 68.8 Å². The van der Waals surface area contributed by atoms with Gasteiger partial charge in [0.25, 0.3) is 0 Å². The fraction of sp³-hybridized carbons (Fsp3) is 0.591. The van der Waals surface area contributed by atoms with Crippen molar-refractivity contribution in [3.8, 4) is 23.7 Å². The normalized spacial score (nSPS) is 15.6. The summed E-state index contributed by atoms with van der Waals surface area (Å²) in [5, 5.41) is 8.81. The fourth-order valence-corrected chi connectivity index (χ4v) is 5.60. The summed E-state index contributed by atoms with van der Waals surface area (Å²) in [4.78, 5) is 10.7. The molecule has 2 nitrogen and oxygen atoms in total. The molecule has 1 aliphatic rings. The molecule has 0 aromatic rings. The van der Waals surface area contributed by atoms with Crippen LogP contribution in [0.5, 0.6) is 0 Å². The third-order valence-electron chi connectivity index (χ3n) is 3.84. The van der Waals surface area contributed by atoms with Gasteiger partial charge in [-0.1, -0.05) is 61.8 Å². The molecular weight excluding hydrogens is 360 g/mol. The standard InChI is InChI=1S/C22H30O2S2/c1-2-3-4-5-6-7-8-9-10-11-12-13-14-17-22(25-19-20-26-22)18-15-16-21(23)24/h12-14,17H,2-5,8,11,15-16,18-20H2,1H3,(H,23,24)/b13-12-,17-14+. The van der Waals surface area contributed by atoms with Crippen LogP contribution in [-0.4, -0.2) is 26.7 Å². The van der Waals surface area contributed by atoms with Gasteiger partial charge in [0.1, 0.15) is 0 Å². The van der Waals surface area contributed by atoms with Gasteiger partial charge < -0.3 is 5.11 Å². The molecule has 26 heavy (non-hydrogen) atoms. The maximum absolute atomic E-state index is 10.7. The Kier molecular flexibility index (Phi) is 13.1. The lowest BCUT2D eigenvalue weighted by atomic mass is 10.1. The van der Waals surface area contributed by atoms with E-state index in [1.165, 1.54) is 19.3 Å². The SMILES string of the molecule is CCCCCC#CCC#CC/C=C\C=C\C1(CCCC(=O)O)SCCS1. The molecule has 0 spiro atoms. The van der Waals surface area contributed by atoms with Crippen LogP contribution in [0.1, 0.15) is 64.7 Å². The van der Waals surface area contributed by atoms with Crippen molar-refractivity contribution in [2.75, 3.05) is 11.5 Å². The van der Waals surface area contributed by atoms with E-state index in [9.17, 15) is 4.79 Å². The number of hydrogen-bond donors (Lipinski definition) is 1. The second-order valence-corrected chi connectivity index (χ2v) is 9.20. The highest BCUT2D eigenvalue weighted by Crippen LogP contribution is 2.48. The molecule has 1 aliphatic heterocycles. The van der Waals surface area contributed by atoms with E-state index in [1.54, 1.807) is 0 Å². The summed E-state index contributed by atoms with van der Waals surface area (Å²) in [5.41, 5.74) is 0. The average Bonchev–Trinajstić information content (AvgIpc) is 3.07. The third kappa shape index (κ3) is 11.4. The van der Waals surface area contributed by atoms with Gasteiger partial charge in [-0.2, -0.15) is 0 Å². The molecule has 0 atom stereocenters. The predicted molar refractivity (Wildman–Crippen MR) is 116 cm³/mol. The highest BCUT2D eigenvalue weighted by atomic mass is 32.2. The molecule has 0 aliphatic carbocycles. The highest BCUT2D eigenvalue weighted by molar-refractivity contribution is 8.21. The molecule has 0 radical (unpaired) electrons. The minimum atomic E-state index is -0.707. The topological polar surface area (TPSA) is 37.3 Å². The zero-order valence-electron chi connectivity index (χ0n) is 15.8. The van der Waals surface area contributed by atoms with Crippen molar-refractivity contribution in [3.63, 3.8) is 0 Å². The Labute approximate surface area is 167 Å². The van der Waals surface area contributed by atoms with Gasteiger partial charge in [-0.25, -0.2) is 0 Å². The Bertz CT molecular complexity index is 579. The first kappa shape index (κ1) is 22.8. The fourth-order valence-electron chi connectivity index (χ4n) is 2.48. The van der Waals surface area contributed by atoms with Crippen molar-refractivity contribution in [1.82, 2.24) is 0 Å². The molecule has 0 unspecified atom stereocenters. The lowest BCUT2D eigenvalue weighted by molar-refractivity contribution is -0.137. The first-order valence-electron chi connectivity index (χ1n) is 9.44. The highest BCUT2D eigenvalue weighted by Gasteiger charge is 2.32. The maximum atomic E-state index is 10.7. The number of thioether (sulfide) groups is 2. The van der Waals surface area contributed by atoms with Crippen LogP contribution >= 0.6 is 23.5 Å². The third-order valence-corrected chi connectivity index (χ3v) is 7.28. The number of rotatable bonds is 10. The summed E-state index contributed by atoms with van der Waals surface area (Å²) in [6.45, 7) is 2.20. The summed E-state index contributed by atoms with van der Waals surface area (Å²) < 4.78 is 0.0544. The number of unbranched alkanes of at least 4 members (excludes halogenated alkanes) is 3. The van der Waals surface area contributed by atoms with Crippen molar-refractivity contribution in [2.24, 2.45) is 0 Å². The number of hydrogen-bond acceptors (Lipinski definition) is 3. The Hall–Kier alpha value is -1.23. The lowest BCUT2D eigenvalue weighted by Gasteiger charge is -2.22. The van der Waals surface area contributed by atoms with Crippen LogP contribution in [0.15, 0.2) is 24.3 Å². The molecule has 0 aromatic heterocycles. The van der Waals surface area contributed by atoms with Crippen LogP contribution in [0, 0.1) is 23.7 Å². The molecule has 1 saturated heterocycles. The molecule has 0 saturated carbocycles. The van der Waals surface area contributed by atoms with E-state index < -0.39 is 5.97 Å². The van der Waals surface area contributed by atoms with Gasteiger partial charge >= 0.3 is 5.97 Å². The predicted octanol–water partition coefficient (Wildman–Crippen LogP) is 5.90. The average molecular weight is 391 g/mol. The molecule has 0 aromatic carbocycles. The minimum absolute atomic E-state index is 0.0544. The number of carbonyl (C=O) groups is 1. The number of allylic oxidation sites excluding steroid dienone is 3. The zero-order chi connectivity index (χ0) is 18.9. The molecule has 1 heterocycles. The van der Waals surface area contributed by atoms with Crippen LogP contribution < -0.4 is 0 Å². The van der Waals surface area contributed by atoms with Gasteiger partial charge in [-0.3, -0.25) is 4.79 Å². The van der Waals surface area contributed by atoms with E-state index in [0.29, 0.717) is 6.42 Å². The van der Waals surface area contributed by atoms with E-state index in [1.807, 2.05) is 29.6 Å². The van der Waals surface area contributed by atoms with E-state index in [2.05, 4.69) is 48.8 Å². The van der Waals surface area contributed by atoms with Crippen molar-refractivity contribution in [3.05, 3.63) is 24.3 Å². The van der Waals surface area contributed by atoms with Crippen LogP contribution in [0.4, 0.5) is 0 Å². The van der Waals surface area contributed by atoms with Gasteiger partial charge in [0, 0.05) is 30.8 Å². The quantitative estimate of drug-likeness (QED) is 0.286. The van der Waals surface area contributed by atoms with Crippen LogP contribution in [0.3, 0.4) is 0 Å². The molecule has 1 fully saturated rings. The number of aliphatic carboxylic acids is 1. The first-order valence-corrected chi connectivity index (χ1v) is 11.4. The minimum Gasteiger partial charge on any atom is -0.481 e. The summed E-state index contributed by atoms with van der Waals surface area (Å²) in [5.74, 6) is 14.1. The van der Waals surface area contributed by atoms with E-state index in [4.69, 9.17) is 5.11 Å². The molecule has 4 heteroatoms. The second-order valence-electron chi connectivity index (χ2n) is 6.09. The Balaban J connectivity index is 2.26. The smallest absolute Gasteiger partial charge is 0.303 e. The molecular formula is C22H30O2S2. The van der Waals surface area contributed by atoms with Crippen molar-refractivity contribution >= 4 is 29.5 Å². The molecule has 0 bridgehead atoms. The molecule has 1 rings (SSSR count). The Morgan fingerprint density at radius 3 is 2.58 bits per heavy atom. The first-order chi connectivity index (χ1) is 12.7. The summed E-state index contributed by atoms with van der Waals surface area (Å²) in [6.07, 6.45) is 16.4. The van der Waals surface area contributed by atoms with Crippen molar-refractivity contribution < 1.29 is 9.90 Å². The monoisotopic (exact) mass is 390 g/mol. The molecule has 0 amide bonds. The van der Waals surface area contributed by atoms with E-state index >= 15 is 0 Å². The van der Waals surface area contributed by atoms with E-state index in [0.717, 1.165) is 37.2 Å². The van der Waals surface area contributed by atoms with E-state index in [-0.39, 0.29) is 10.5 Å². The lowest BCUT2D eigenvalue weighted by Crippen LogP contribution is -2.13. The molecule has 1 N–H and O–H groups in total. The summed E-state index contributed by atoms with van der Waals surface area (Å²) in [7, 11) is 0. The van der Waals surface area contributed by atoms with Crippen LogP contribution in [0.2, 0.25) is 0 Å². The largest absolute Gasteiger partial charge is 0.481 e. The van der Waals surface area contributed by atoms with Crippen molar-refractivity contribution in [1.29, 1.82) is 0 Å². The van der Waals surface area contributed by atoms with Gasteiger partial charge in [-0.05, 0) is 19.3 Å². The van der Waals surface area contributed by atoms with Crippen LogP contribution in [0.25, 0.3) is 0 Å². The molecule has 142 valence electrons. The van der Waals surface area contributed by atoms with Gasteiger partial charge in [0.05, 0.1) is 10.5 Å². The summed E-state index contributed by atoms with van der Waals surface area (Å²) >= 11 is 3.86. The van der Waals surface area contributed by atoms with Gasteiger partial charge in [0.2, 0.25) is 0 Å². The Morgan fingerprint density at radius 1 is 1.08 bits per heavy atom. The Morgan fingerprint density at radius 2 is 1.85 bits per heavy atom. The second kappa shape index (κ2) is 14.9. The number of carboxylic acids is 1. The zero-order valence-corrected chi connectivity index (χ0v) is 17.4.